The van der Waals surface area contributed by atoms with Crippen LogP contribution in [0.25, 0.3) is 0 Å². The van der Waals surface area contributed by atoms with Gasteiger partial charge in [-0.15, -0.1) is 0 Å². The lowest BCUT2D eigenvalue weighted by atomic mass is 10.0. The monoisotopic (exact) mass is 333 g/mol. The first-order valence-corrected chi connectivity index (χ1v) is 8.43. The van der Waals surface area contributed by atoms with Crippen LogP contribution in [0.15, 0.2) is 29.2 Å². The zero-order valence-corrected chi connectivity index (χ0v) is 12.9. The van der Waals surface area contributed by atoms with E-state index in [1.165, 1.54) is 12.1 Å². The molecular weight excluding hydrogens is 316 g/mol. The van der Waals surface area contributed by atoms with E-state index in [9.17, 15) is 17.2 Å². The molecule has 2 heterocycles. The molecular formula is C14H17F2NO4S. The highest BCUT2D eigenvalue weighted by Crippen LogP contribution is 2.43. The summed E-state index contributed by atoms with van der Waals surface area (Å²) in [6, 6.07) is 6.21. The van der Waals surface area contributed by atoms with Crippen molar-refractivity contribution in [3.05, 3.63) is 29.8 Å². The van der Waals surface area contributed by atoms with Gasteiger partial charge in [0, 0.05) is 13.0 Å². The summed E-state index contributed by atoms with van der Waals surface area (Å²) >= 11 is 0. The summed E-state index contributed by atoms with van der Waals surface area (Å²) in [4.78, 5) is 0.0461. The van der Waals surface area contributed by atoms with Crippen molar-refractivity contribution >= 4 is 10.0 Å². The molecule has 2 saturated heterocycles. The molecule has 22 heavy (non-hydrogen) atoms. The Morgan fingerprint density at radius 2 is 1.68 bits per heavy atom. The maximum absolute atomic E-state index is 14.7. The van der Waals surface area contributed by atoms with Crippen LogP contribution in [0.1, 0.15) is 12.0 Å². The number of hydrogen-bond donors (Lipinski definition) is 0. The minimum atomic E-state index is -3.90. The Morgan fingerprint density at radius 3 is 2.32 bits per heavy atom. The lowest BCUT2D eigenvalue weighted by Crippen LogP contribution is -2.66. The molecule has 3 rings (SSSR count). The van der Waals surface area contributed by atoms with Gasteiger partial charge in [-0.05, 0) is 19.1 Å². The van der Waals surface area contributed by atoms with E-state index in [1.807, 2.05) is 6.92 Å². The number of nitrogens with zero attached hydrogens (tertiary/aromatic N) is 1. The van der Waals surface area contributed by atoms with Gasteiger partial charge in [0.15, 0.2) is 0 Å². The molecule has 1 aromatic rings. The van der Waals surface area contributed by atoms with E-state index in [1.54, 1.807) is 12.1 Å². The first-order chi connectivity index (χ1) is 10.3. The summed E-state index contributed by atoms with van der Waals surface area (Å²) in [7, 11) is -3.90. The Morgan fingerprint density at radius 1 is 1.09 bits per heavy atom. The molecule has 0 aliphatic carbocycles. The average Bonchev–Trinajstić information content (AvgIpc) is 2.47. The number of hydrogen-bond acceptors (Lipinski definition) is 4. The Kier molecular flexibility index (Phi) is 3.75. The van der Waals surface area contributed by atoms with Gasteiger partial charge in [-0.1, -0.05) is 17.7 Å². The zero-order valence-electron chi connectivity index (χ0n) is 12.1. The Labute approximate surface area is 127 Å². The summed E-state index contributed by atoms with van der Waals surface area (Å²) in [6.07, 6.45) is -0.408. The predicted molar refractivity (Wildman–Crippen MR) is 74.1 cm³/mol. The second-order valence-electron chi connectivity index (χ2n) is 5.56. The summed E-state index contributed by atoms with van der Waals surface area (Å²) in [5, 5.41) is 0. The lowest BCUT2D eigenvalue weighted by molar-refractivity contribution is -0.375. The van der Waals surface area contributed by atoms with E-state index in [-0.39, 0.29) is 24.7 Å². The van der Waals surface area contributed by atoms with Crippen LogP contribution in [0.3, 0.4) is 0 Å². The summed E-state index contributed by atoms with van der Waals surface area (Å²) in [6.45, 7) is 0.785. The molecule has 0 saturated carbocycles. The smallest absolute Gasteiger partial charge is 0.282 e. The molecule has 0 spiro atoms. The Bertz CT molecular complexity index is 666. The fourth-order valence-corrected chi connectivity index (χ4v) is 4.13. The maximum Gasteiger partial charge on any atom is 0.282 e. The van der Waals surface area contributed by atoms with E-state index in [0.717, 1.165) is 9.87 Å². The molecule has 8 heteroatoms. The highest BCUT2D eigenvalue weighted by Gasteiger charge is 2.62. The molecule has 0 aromatic heterocycles. The number of benzene rings is 1. The maximum atomic E-state index is 14.7. The first kappa shape index (κ1) is 15.8. The Balaban J connectivity index is 1.89. The molecule has 2 aliphatic rings. The highest BCUT2D eigenvalue weighted by molar-refractivity contribution is 7.89. The van der Waals surface area contributed by atoms with Crippen molar-refractivity contribution in [1.29, 1.82) is 0 Å². The molecule has 1 aromatic carbocycles. The third-order valence-corrected chi connectivity index (χ3v) is 5.88. The van der Waals surface area contributed by atoms with E-state index >= 15 is 0 Å². The van der Waals surface area contributed by atoms with Crippen LogP contribution in [0.4, 0.5) is 8.78 Å². The van der Waals surface area contributed by atoms with Crippen LogP contribution < -0.4 is 0 Å². The molecule has 0 unspecified atom stereocenters. The van der Waals surface area contributed by atoms with Crippen molar-refractivity contribution in [3.63, 3.8) is 0 Å². The van der Waals surface area contributed by atoms with Crippen LogP contribution >= 0.6 is 0 Å². The highest BCUT2D eigenvalue weighted by atomic mass is 32.2. The van der Waals surface area contributed by atoms with Crippen LogP contribution in [0, 0.1) is 6.92 Å². The van der Waals surface area contributed by atoms with Gasteiger partial charge < -0.3 is 9.47 Å². The molecule has 0 bridgehead atoms. The number of rotatable bonds is 2. The number of ether oxygens (including phenoxy) is 2. The number of fused-ring (bicyclic) bond motifs is 1. The van der Waals surface area contributed by atoms with Gasteiger partial charge in [-0.25, -0.2) is 17.2 Å². The van der Waals surface area contributed by atoms with Crippen molar-refractivity contribution < 1.29 is 26.7 Å². The summed E-state index contributed by atoms with van der Waals surface area (Å²) < 4.78 is 65.0. The molecule has 2 atom stereocenters. The fraction of sp³-hybridized carbons (Fsp3) is 0.571. The largest absolute Gasteiger partial charge is 0.339 e. The van der Waals surface area contributed by atoms with Gasteiger partial charge in [0.1, 0.15) is 0 Å². The zero-order chi connectivity index (χ0) is 16.0. The SMILES string of the molecule is Cc1ccc(S(=O)(=O)N2CC[C@]3(F)OCCO[C@@]3(F)C2)cc1. The van der Waals surface area contributed by atoms with Crippen LogP contribution in [0.2, 0.25) is 0 Å². The number of aryl methyl sites for hydroxylation is 1. The van der Waals surface area contributed by atoms with Crippen molar-refractivity contribution in [3.8, 4) is 0 Å². The van der Waals surface area contributed by atoms with Gasteiger partial charge in [-0.3, -0.25) is 0 Å². The van der Waals surface area contributed by atoms with Crippen molar-refractivity contribution in [2.75, 3.05) is 26.3 Å². The van der Waals surface area contributed by atoms with E-state index in [0.29, 0.717) is 0 Å². The van der Waals surface area contributed by atoms with Crippen LogP contribution in [0.5, 0.6) is 0 Å². The van der Waals surface area contributed by atoms with Gasteiger partial charge in [0.05, 0.1) is 24.7 Å². The van der Waals surface area contributed by atoms with Crippen LogP contribution in [-0.4, -0.2) is 50.7 Å². The number of piperidine rings is 1. The quantitative estimate of drug-likeness (QED) is 0.828. The topological polar surface area (TPSA) is 55.8 Å². The van der Waals surface area contributed by atoms with E-state index in [2.05, 4.69) is 0 Å². The third kappa shape index (κ3) is 2.44. The van der Waals surface area contributed by atoms with Crippen molar-refractivity contribution in [2.24, 2.45) is 0 Å². The normalized spacial score (nSPS) is 33.4. The van der Waals surface area contributed by atoms with Crippen molar-refractivity contribution in [2.45, 2.75) is 29.9 Å². The first-order valence-electron chi connectivity index (χ1n) is 6.99. The number of sulfonamides is 1. The van der Waals surface area contributed by atoms with Gasteiger partial charge in [0.25, 0.3) is 11.7 Å². The molecule has 0 radical (unpaired) electrons. The van der Waals surface area contributed by atoms with Gasteiger partial charge >= 0.3 is 0 Å². The summed E-state index contributed by atoms with van der Waals surface area (Å²) in [5.74, 6) is -5.37. The third-order valence-electron chi connectivity index (χ3n) is 4.02. The van der Waals surface area contributed by atoms with Gasteiger partial charge in [0.2, 0.25) is 10.0 Å². The second-order valence-corrected chi connectivity index (χ2v) is 7.49. The predicted octanol–water partition coefficient (Wildman–Crippen LogP) is 1.77. The minimum Gasteiger partial charge on any atom is -0.339 e. The molecule has 5 nitrogen and oxygen atoms in total. The molecule has 122 valence electrons. The average molecular weight is 333 g/mol. The Hall–Kier alpha value is -1.09. The molecule has 0 N–H and O–H groups in total. The molecule has 2 aliphatic heterocycles. The fourth-order valence-electron chi connectivity index (χ4n) is 2.68. The molecule has 0 amide bonds. The van der Waals surface area contributed by atoms with Crippen LogP contribution in [-0.2, 0) is 19.5 Å². The van der Waals surface area contributed by atoms with E-state index < -0.39 is 34.7 Å². The molecule has 2 fully saturated rings. The second kappa shape index (κ2) is 5.23. The van der Waals surface area contributed by atoms with Gasteiger partial charge in [-0.2, -0.15) is 4.31 Å². The van der Waals surface area contributed by atoms with Crippen molar-refractivity contribution in [1.82, 2.24) is 4.31 Å². The number of alkyl halides is 2. The summed E-state index contributed by atoms with van der Waals surface area (Å²) in [5.41, 5.74) is 0.909. The lowest BCUT2D eigenvalue weighted by Gasteiger charge is -2.47. The van der Waals surface area contributed by atoms with E-state index in [4.69, 9.17) is 9.47 Å². The minimum absolute atomic E-state index is 0.0461. The standard InChI is InChI=1S/C14H17F2NO4S/c1-11-2-4-12(5-3-11)22(18,19)17-7-6-13(15)14(16,10-17)21-9-8-20-13/h2-5H,6-10H2,1H3/t13-,14-/m0/s1. The number of halogens is 2.